The highest BCUT2D eigenvalue weighted by atomic mass is 16.5. The van der Waals surface area contributed by atoms with E-state index < -0.39 is 5.97 Å². The van der Waals surface area contributed by atoms with Gasteiger partial charge in [-0.3, -0.25) is 4.79 Å². The molecule has 1 aromatic heterocycles. The number of fused-ring (bicyclic) bond motifs is 3. The molecule has 1 aromatic carbocycles. The van der Waals surface area contributed by atoms with Gasteiger partial charge in [-0.05, 0) is 12.0 Å². The number of amides is 1. The maximum Gasteiger partial charge on any atom is 0.360 e. The van der Waals surface area contributed by atoms with Gasteiger partial charge in [-0.1, -0.05) is 23.4 Å². The second kappa shape index (κ2) is 8.83. The molecule has 4 heterocycles. The van der Waals surface area contributed by atoms with E-state index in [1.54, 1.807) is 18.0 Å². The van der Waals surface area contributed by atoms with E-state index in [2.05, 4.69) is 20.4 Å². The number of nitrogens with one attached hydrogen (secondary N) is 2. The Labute approximate surface area is 175 Å². The molecular weight excluding hydrogens is 386 g/mol. The van der Waals surface area contributed by atoms with Crippen molar-refractivity contribution < 1.29 is 24.0 Å². The summed E-state index contributed by atoms with van der Waals surface area (Å²) in [5.74, 6) is 0.826. The van der Waals surface area contributed by atoms with Crippen molar-refractivity contribution >= 4 is 11.9 Å². The number of rotatable bonds is 7. The van der Waals surface area contributed by atoms with Crippen LogP contribution in [0, 0.1) is 11.8 Å². The molecule has 0 spiro atoms. The van der Waals surface area contributed by atoms with E-state index in [-0.39, 0.29) is 17.5 Å². The number of nitrogens with zero attached hydrogens (tertiary/aromatic N) is 3. The summed E-state index contributed by atoms with van der Waals surface area (Å²) in [6.07, 6.45) is 3.66. The molecule has 5 rings (SSSR count). The summed E-state index contributed by atoms with van der Waals surface area (Å²) in [5.41, 5.74) is 1.20. The Morgan fingerprint density at radius 1 is 1.30 bits per heavy atom. The molecule has 0 saturated carbocycles. The van der Waals surface area contributed by atoms with Gasteiger partial charge in [0.15, 0.2) is 5.69 Å². The third-order valence-corrected chi connectivity index (χ3v) is 6.37. The van der Waals surface area contributed by atoms with Gasteiger partial charge in [-0.15, -0.1) is 5.10 Å². The molecule has 1 unspecified atom stereocenters. The highest BCUT2D eigenvalue weighted by Gasteiger charge is 2.46. The number of para-hydroxylation sites is 1. The van der Waals surface area contributed by atoms with E-state index in [0.29, 0.717) is 25.0 Å². The van der Waals surface area contributed by atoms with Crippen molar-refractivity contribution in [2.75, 3.05) is 27.3 Å². The van der Waals surface area contributed by atoms with Crippen LogP contribution in [-0.4, -0.2) is 60.2 Å². The Balaban J connectivity index is 1.34. The van der Waals surface area contributed by atoms with Gasteiger partial charge in [0.05, 0.1) is 46.0 Å². The Morgan fingerprint density at radius 3 is 2.87 bits per heavy atom. The first-order valence-corrected chi connectivity index (χ1v) is 10.3. The third kappa shape index (κ3) is 4.16. The van der Waals surface area contributed by atoms with Crippen LogP contribution >= 0.6 is 0 Å². The fraction of sp³-hybridized carbons (Fsp3) is 0.524. The van der Waals surface area contributed by atoms with E-state index >= 15 is 0 Å². The SMILES string of the molecule is COC(=O)c1cn(C[C@H]2C[C@@H]3CC[NH+]2C[C@@H]3C(=O)NCc2ccccc2OC)nn1. The number of benzene rings is 1. The zero-order valence-corrected chi connectivity index (χ0v) is 17.3. The number of esters is 1. The molecule has 160 valence electrons. The van der Waals surface area contributed by atoms with Crippen LogP contribution in [0.5, 0.6) is 5.75 Å². The number of ether oxygens (including phenoxy) is 2. The highest BCUT2D eigenvalue weighted by molar-refractivity contribution is 5.86. The average molecular weight is 414 g/mol. The number of piperidine rings is 3. The minimum absolute atomic E-state index is 0.0288. The molecule has 9 nitrogen and oxygen atoms in total. The van der Waals surface area contributed by atoms with E-state index in [4.69, 9.17) is 4.74 Å². The predicted octanol–water partition coefficient (Wildman–Crippen LogP) is -0.317. The molecule has 3 fully saturated rings. The lowest BCUT2D eigenvalue weighted by molar-refractivity contribution is -0.945. The Kier molecular flexibility index (Phi) is 5.98. The van der Waals surface area contributed by atoms with E-state index in [9.17, 15) is 9.59 Å². The van der Waals surface area contributed by atoms with Crippen LogP contribution < -0.4 is 15.0 Å². The zero-order chi connectivity index (χ0) is 21.1. The van der Waals surface area contributed by atoms with E-state index in [0.717, 1.165) is 37.2 Å². The molecule has 2 bridgehead atoms. The maximum atomic E-state index is 12.9. The van der Waals surface area contributed by atoms with Gasteiger partial charge in [0.2, 0.25) is 5.91 Å². The number of methoxy groups -OCH3 is 2. The molecule has 3 aliphatic heterocycles. The Morgan fingerprint density at radius 2 is 2.13 bits per heavy atom. The molecule has 2 N–H and O–H groups in total. The van der Waals surface area contributed by atoms with Gasteiger partial charge in [0.1, 0.15) is 11.8 Å². The third-order valence-electron chi connectivity index (χ3n) is 6.37. The molecule has 9 heteroatoms. The first-order chi connectivity index (χ1) is 14.6. The highest BCUT2D eigenvalue weighted by Crippen LogP contribution is 2.28. The Hall–Kier alpha value is -2.94. The summed E-state index contributed by atoms with van der Waals surface area (Å²) in [6, 6.07) is 8.11. The fourth-order valence-electron chi connectivity index (χ4n) is 4.79. The number of aromatic nitrogens is 3. The summed E-state index contributed by atoms with van der Waals surface area (Å²) in [4.78, 5) is 25.9. The normalized spacial score (nSPS) is 25.0. The lowest BCUT2D eigenvalue weighted by Crippen LogP contribution is -3.20. The molecule has 0 aliphatic carbocycles. The van der Waals surface area contributed by atoms with Crippen LogP contribution in [0.2, 0.25) is 0 Å². The summed E-state index contributed by atoms with van der Waals surface area (Å²) in [7, 11) is 2.97. The summed E-state index contributed by atoms with van der Waals surface area (Å²) < 4.78 is 11.8. The van der Waals surface area contributed by atoms with Crippen molar-refractivity contribution in [3.8, 4) is 5.75 Å². The summed E-state index contributed by atoms with van der Waals surface area (Å²) >= 11 is 0. The lowest BCUT2D eigenvalue weighted by atomic mass is 9.75. The van der Waals surface area contributed by atoms with Gasteiger partial charge >= 0.3 is 5.97 Å². The van der Waals surface area contributed by atoms with Crippen LogP contribution in [0.1, 0.15) is 28.9 Å². The minimum Gasteiger partial charge on any atom is -0.496 e. The van der Waals surface area contributed by atoms with Gasteiger partial charge in [-0.2, -0.15) is 0 Å². The molecule has 3 saturated heterocycles. The number of carbonyl (C=O) groups excluding carboxylic acids is 2. The van der Waals surface area contributed by atoms with Crippen molar-refractivity contribution in [2.45, 2.75) is 32.0 Å². The van der Waals surface area contributed by atoms with Gasteiger partial charge in [-0.25, -0.2) is 9.48 Å². The smallest absolute Gasteiger partial charge is 0.360 e. The number of hydrogen-bond acceptors (Lipinski definition) is 6. The van der Waals surface area contributed by atoms with Crippen LogP contribution in [0.3, 0.4) is 0 Å². The molecule has 30 heavy (non-hydrogen) atoms. The Bertz CT molecular complexity index is 914. The summed E-state index contributed by atoms with van der Waals surface area (Å²) in [5, 5.41) is 11.0. The molecule has 4 atom stereocenters. The second-order valence-electron chi connectivity index (χ2n) is 8.05. The van der Waals surface area contributed by atoms with E-state index in [1.165, 1.54) is 12.0 Å². The maximum absolute atomic E-state index is 12.9. The molecule has 0 radical (unpaired) electrons. The first kappa shape index (κ1) is 20.3. The quantitative estimate of drug-likeness (QED) is 0.603. The van der Waals surface area contributed by atoms with Crippen LogP contribution in [0.25, 0.3) is 0 Å². The van der Waals surface area contributed by atoms with Crippen molar-refractivity contribution in [1.29, 1.82) is 0 Å². The van der Waals surface area contributed by atoms with Gasteiger partial charge in [0.25, 0.3) is 0 Å². The molecular formula is C21H28N5O4+. The van der Waals surface area contributed by atoms with Crippen molar-refractivity contribution in [3.05, 3.63) is 41.7 Å². The number of hydrogen-bond donors (Lipinski definition) is 2. The largest absolute Gasteiger partial charge is 0.496 e. The van der Waals surface area contributed by atoms with Crippen molar-refractivity contribution in [3.63, 3.8) is 0 Å². The van der Waals surface area contributed by atoms with Crippen LogP contribution in [0.4, 0.5) is 0 Å². The lowest BCUT2D eigenvalue weighted by Gasteiger charge is -2.46. The molecule has 1 amide bonds. The summed E-state index contributed by atoms with van der Waals surface area (Å²) in [6.45, 7) is 3.04. The first-order valence-electron chi connectivity index (χ1n) is 10.3. The van der Waals surface area contributed by atoms with Gasteiger partial charge < -0.3 is 19.7 Å². The molecule has 3 aliphatic rings. The zero-order valence-electron chi connectivity index (χ0n) is 17.3. The van der Waals surface area contributed by atoms with Crippen molar-refractivity contribution in [2.24, 2.45) is 11.8 Å². The minimum atomic E-state index is -0.481. The monoisotopic (exact) mass is 414 g/mol. The van der Waals surface area contributed by atoms with Crippen molar-refractivity contribution in [1.82, 2.24) is 20.3 Å². The van der Waals surface area contributed by atoms with E-state index in [1.807, 2.05) is 24.3 Å². The predicted molar refractivity (Wildman–Crippen MR) is 107 cm³/mol. The standard InChI is InChI=1S/C21H27N5O4/c1-29-19-6-4-3-5-15(19)10-22-20(27)17-12-25-8-7-14(17)9-16(25)11-26-13-18(23-24-26)21(28)30-2/h3-6,13-14,16-17H,7-12H2,1-2H3,(H,22,27)/p+1/t14-,16+,17-/m0/s1. The second-order valence-corrected chi connectivity index (χ2v) is 8.05. The fourth-order valence-corrected chi connectivity index (χ4v) is 4.79. The molecule has 2 aromatic rings. The number of quaternary nitrogens is 1. The van der Waals surface area contributed by atoms with Crippen LogP contribution in [-0.2, 0) is 22.6 Å². The van der Waals surface area contributed by atoms with Crippen LogP contribution in [0.15, 0.2) is 30.5 Å². The number of carbonyl (C=O) groups is 2. The topological polar surface area (TPSA) is 99.8 Å². The average Bonchev–Trinajstić information content (AvgIpc) is 3.26. The van der Waals surface area contributed by atoms with Gasteiger partial charge in [0, 0.05) is 24.9 Å².